The fourth-order valence-corrected chi connectivity index (χ4v) is 2.41. The number of methoxy groups -OCH3 is 1. The second-order valence-electron chi connectivity index (χ2n) is 3.84. The van der Waals surface area contributed by atoms with Gasteiger partial charge in [0.15, 0.2) is 0 Å². The molecular formula is C11H20N4O2S. The lowest BCUT2D eigenvalue weighted by Crippen LogP contribution is -2.40. The molecule has 1 amide bonds. The molecule has 0 radical (unpaired) electrons. The number of rotatable bonds is 7. The van der Waals surface area contributed by atoms with Crippen LogP contribution in [-0.4, -0.2) is 53.9 Å². The van der Waals surface area contributed by atoms with Crippen molar-refractivity contribution < 1.29 is 9.53 Å². The number of anilines is 1. The maximum Gasteiger partial charge on any atom is 0.285 e. The summed E-state index contributed by atoms with van der Waals surface area (Å²) in [7, 11) is 1.63. The molecule has 6 nitrogen and oxygen atoms in total. The van der Waals surface area contributed by atoms with Gasteiger partial charge in [-0.3, -0.25) is 4.79 Å². The van der Waals surface area contributed by atoms with Crippen molar-refractivity contribution in [3.8, 4) is 0 Å². The molecule has 0 aromatic carbocycles. The van der Waals surface area contributed by atoms with Crippen molar-refractivity contribution in [1.29, 1.82) is 0 Å². The molecule has 0 aliphatic rings. The van der Waals surface area contributed by atoms with Gasteiger partial charge in [-0.2, -0.15) is 0 Å². The first kappa shape index (κ1) is 14.8. The summed E-state index contributed by atoms with van der Waals surface area (Å²) in [5, 5.41) is 12.0. The van der Waals surface area contributed by atoms with Crippen LogP contribution >= 0.6 is 11.3 Å². The molecule has 1 rings (SSSR count). The Bertz CT molecular complexity index is 383. The Morgan fingerprint density at radius 3 is 2.78 bits per heavy atom. The third-order valence-corrected chi connectivity index (χ3v) is 3.35. The van der Waals surface area contributed by atoms with Crippen LogP contribution in [-0.2, 0) is 4.74 Å². The minimum Gasteiger partial charge on any atom is -0.383 e. The van der Waals surface area contributed by atoms with Crippen LogP contribution in [0.25, 0.3) is 0 Å². The molecule has 1 N–H and O–H groups in total. The first-order valence-corrected chi connectivity index (χ1v) is 6.82. The van der Waals surface area contributed by atoms with E-state index in [9.17, 15) is 4.79 Å². The summed E-state index contributed by atoms with van der Waals surface area (Å²) in [6, 6.07) is 0.0268. The Kier molecular flexibility index (Phi) is 6.00. The third kappa shape index (κ3) is 3.64. The second-order valence-corrected chi connectivity index (χ2v) is 4.82. The van der Waals surface area contributed by atoms with E-state index in [1.807, 2.05) is 20.8 Å². The highest BCUT2D eigenvalue weighted by Crippen LogP contribution is 2.17. The van der Waals surface area contributed by atoms with E-state index in [2.05, 4.69) is 15.5 Å². The SMILES string of the molecule is CCNc1nnc(C(=O)N(CC)C(C)COC)s1. The third-order valence-electron chi connectivity index (χ3n) is 2.48. The minimum atomic E-state index is -0.0938. The summed E-state index contributed by atoms with van der Waals surface area (Å²) >= 11 is 1.28. The van der Waals surface area contributed by atoms with Gasteiger partial charge >= 0.3 is 0 Å². The number of ether oxygens (including phenoxy) is 1. The first-order chi connectivity index (χ1) is 8.63. The average molecular weight is 272 g/mol. The van der Waals surface area contributed by atoms with E-state index < -0.39 is 0 Å². The summed E-state index contributed by atoms with van der Waals surface area (Å²) in [6.45, 7) is 7.77. The minimum absolute atomic E-state index is 0.0268. The molecule has 0 aliphatic heterocycles. The Morgan fingerprint density at radius 2 is 2.22 bits per heavy atom. The zero-order chi connectivity index (χ0) is 13.5. The van der Waals surface area contributed by atoms with Crippen molar-refractivity contribution in [2.45, 2.75) is 26.8 Å². The zero-order valence-electron chi connectivity index (χ0n) is 11.3. The van der Waals surface area contributed by atoms with E-state index in [0.717, 1.165) is 6.54 Å². The van der Waals surface area contributed by atoms with E-state index in [-0.39, 0.29) is 11.9 Å². The van der Waals surface area contributed by atoms with E-state index in [4.69, 9.17) is 4.74 Å². The topological polar surface area (TPSA) is 67.4 Å². The number of hydrogen-bond acceptors (Lipinski definition) is 6. The van der Waals surface area contributed by atoms with Crippen LogP contribution in [0.1, 0.15) is 30.6 Å². The molecule has 1 heterocycles. The van der Waals surface area contributed by atoms with Crippen molar-refractivity contribution in [2.24, 2.45) is 0 Å². The fraction of sp³-hybridized carbons (Fsp3) is 0.727. The molecule has 18 heavy (non-hydrogen) atoms. The van der Waals surface area contributed by atoms with E-state index in [0.29, 0.717) is 23.3 Å². The predicted molar refractivity (Wildman–Crippen MR) is 72.1 cm³/mol. The highest BCUT2D eigenvalue weighted by molar-refractivity contribution is 7.17. The molecular weight excluding hydrogens is 252 g/mol. The molecule has 102 valence electrons. The molecule has 0 saturated heterocycles. The molecule has 1 aromatic heterocycles. The Morgan fingerprint density at radius 1 is 1.50 bits per heavy atom. The van der Waals surface area contributed by atoms with Crippen LogP contribution in [0, 0.1) is 0 Å². The maximum atomic E-state index is 12.3. The Labute approximate surface area is 111 Å². The van der Waals surface area contributed by atoms with Gasteiger partial charge in [0.1, 0.15) is 0 Å². The van der Waals surface area contributed by atoms with Gasteiger partial charge in [-0.25, -0.2) is 0 Å². The lowest BCUT2D eigenvalue weighted by atomic mass is 10.3. The Hall–Kier alpha value is -1.21. The number of hydrogen-bond donors (Lipinski definition) is 1. The first-order valence-electron chi connectivity index (χ1n) is 6.01. The van der Waals surface area contributed by atoms with Gasteiger partial charge in [0.05, 0.1) is 12.6 Å². The van der Waals surface area contributed by atoms with Gasteiger partial charge in [-0.05, 0) is 20.8 Å². The van der Waals surface area contributed by atoms with Crippen molar-refractivity contribution >= 4 is 22.4 Å². The van der Waals surface area contributed by atoms with Gasteiger partial charge in [-0.15, -0.1) is 10.2 Å². The summed E-state index contributed by atoms with van der Waals surface area (Å²) in [5.74, 6) is -0.0938. The van der Waals surface area contributed by atoms with Crippen LogP contribution in [0.4, 0.5) is 5.13 Å². The number of carbonyl (C=O) groups excluding carboxylic acids is 1. The van der Waals surface area contributed by atoms with E-state index in [1.165, 1.54) is 11.3 Å². The smallest absolute Gasteiger partial charge is 0.285 e. The molecule has 0 bridgehead atoms. The van der Waals surface area contributed by atoms with Crippen molar-refractivity contribution in [1.82, 2.24) is 15.1 Å². The lowest BCUT2D eigenvalue weighted by molar-refractivity contribution is 0.0578. The molecule has 0 aliphatic carbocycles. The van der Waals surface area contributed by atoms with E-state index in [1.54, 1.807) is 12.0 Å². The summed E-state index contributed by atoms with van der Waals surface area (Å²) < 4.78 is 5.08. The summed E-state index contributed by atoms with van der Waals surface area (Å²) in [4.78, 5) is 14.0. The number of carbonyl (C=O) groups is 1. The van der Waals surface area contributed by atoms with Gasteiger partial charge in [0, 0.05) is 20.2 Å². The van der Waals surface area contributed by atoms with Crippen LogP contribution in [0.3, 0.4) is 0 Å². The normalized spacial score (nSPS) is 12.2. The molecule has 0 spiro atoms. The second kappa shape index (κ2) is 7.27. The molecule has 1 unspecified atom stereocenters. The number of likely N-dealkylation sites (N-methyl/N-ethyl adjacent to an activating group) is 1. The largest absolute Gasteiger partial charge is 0.383 e. The number of nitrogens with zero attached hydrogens (tertiary/aromatic N) is 3. The van der Waals surface area contributed by atoms with Gasteiger partial charge in [0.2, 0.25) is 10.1 Å². The highest BCUT2D eigenvalue weighted by Gasteiger charge is 2.23. The molecule has 1 atom stereocenters. The van der Waals surface area contributed by atoms with Crippen LogP contribution in [0.15, 0.2) is 0 Å². The fourth-order valence-electron chi connectivity index (χ4n) is 1.64. The standard InChI is InChI=1S/C11H20N4O2S/c1-5-12-11-14-13-9(18-11)10(16)15(6-2)8(3)7-17-4/h8H,5-7H2,1-4H3,(H,12,14). The molecule has 0 saturated carbocycles. The number of nitrogens with one attached hydrogen (secondary N) is 1. The molecule has 1 aromatic rings. The van der Waals surface area contributed by atoms with E-state index >= 15 is 0 Å². The quantitative estimate of drug-likeness (QED) is 0.814. The monoisotopic (exact) mass is 272 g/mol. The van der Waals surface area contributed by atoms with Crippen molar-refractivity contribution in [3.63, 3.8) is 0 Å². The number of aromatic nitrogens is 2. The Balaban J connectivity index is 2.76. The van der Waals surface area contributed by atoms with Gasteiger partial charge in [-0.1, -0.05) is 11.3 Å². The lowest BCUT2D eigenvalue weighted by Gasteiger charge is -2.26. The maximum absolute atomic E-state index is 12.3. The van der Waals surface area contributed by atoms with Gasteiger partial charge < -0.3 is 15.0 Å². The van der Waals surface area contributed by atoms with Gasteiger partial charge in [0.25, 0.3) is 5.91 Å². The highest BCUT2D eigenvalue weighted by atomic mass is 32.1. The zero-order valence-corrected chi connectivity index (χ0v) is 12.1. The average Bonchev–Trinajstić information content (AvgIpc) is 2.79. The van der Waals surface area contributed by atoms with Crippen molar-refractivity contribution in [3.05, 3.63) is 5.01 Å². The number of amides is 1. The summed E-state index contributed by atoms with van der Waals surface area (Å²) in [5.41, 5.74) is 0. The predicted octanol–water partition coefficient (Wildman–Crippen LogP) is 1.47. The summed E-state index contributed by atoms with van der Waals surface area (Å²) in [6.07, 6.45) is 0. The van der Waals surface area contributed by atoms with Crippen molar-refractivity contribution in [2.75, 3.05) is 32.1 Å². The molecule has 7 heteroatoms. The molecule has 0 fully saturated rings. The van der Waals surface area contributed by atoms with Crippen LogP contribution in [0.5, 0.6) is 0 Å². The van der Waals surface area contributed by atoms with Crippen LogP contribution in [0.2, 0.25) is 0 Å². The van der Waals surface area contributed by atoms with Crippen LogP contribution < -0.4 is 5.32 Å².